The molecule has 1 unspecified atom stereocenters. The van der Waals surface area contributed by atoms with E-state index in [1.807, 2.05) is 12.1 Å². The second-order valence-electron chi connectivity index (χ2n) is 5.47. The average Bonchev–Trinajstić information content (AvgIpc) is 3.29. The van der Waals surface area contributed by atoms with Gasteiger partial charge in [0.05, 0.1) is 6.61 Å². The smallest absolute Gasteiger partial charge is 0.122 e. The zero-order chi connectivity index (χ0) is 14.0. The molecule has 1 aromatic rings. The Kier molecular flexibility index (Phi) is 6.65. The van der Waals surface area contributed by atoms with Crippen molar-refractivity contribution in [3.8, 4) is 5.75 Å². The summed E-state index contributed by atoms with van der Waals surface area (Å²) in [5.74, 6) is 1.04. The van der Waals surface area contributed by atoms with E-state index < -0.39 is 0 Å². The maximum Gasteiger partial charge on any atom is 0.122 e. The summed E-state index contributed by atoms with van der Waals surface area (Å²) < 4.78 is 11.0. The number of para-hydroxylation sites is 1. The Morgan fingerprint density at radius 3 is 2.70 bits per heavy atom. The third-order valence-corrected chi connectivity index (χ3v) is 3.65. The summed E-state index contributed by atoms with van der Waals surface area (Å²) in [7, 11) is 0. The highest BCUT2D eigenvalue weighted by Crippen LogP contribution is 2.22. The van der Waals surface area contributed by atoms with Crippen LogP contribution in [-0.2, 0) is 11.2 Å². The molecule has 20 heavy (non-hydrogen) atoms. The third kappa shape index (κ3) is 5.79. The van der Waals surface area contributed by atoms with Crippen molar-refractivity contribution in [3.63, 3.8) is 0 Å². The first-order chi connectivity index (χ1) is 9.90. The maximum absolute atomic E-state index is 5.84. The Morgan fingerprint density at radius 1 is 1.15 bits per heavy atom. The van der Waals surface area contributed by atoms with Gasteiger partial charge in [0.2, 0.25) is 0 Å². The fraction of sp³-hybridized carbons (Fsp3) is 0.556. The van der Waals surface area contributed by atoms with Crippen LogP contribution in [0.4, 0.5) is 0 Å². The molecule has 1 heterocycles. The van der Waals surface area contributed by atoms with Crippen molar-refractivity contribution in [2.75, 3.05) is 13.2 Å². The van der Waals surface area contributed by atoms with Gasteiger partial charge < -0.3 is 9.47 Å². The summed E-state index contributed by atoms with van der Waals surface area (Å²) in [6, 6.07) is 8.39. The van der Waals surface area contributed by atoms with E-state index in [4.69, 9.17) is 9.47 Å². The number of rotatable bonds is 11. The molecule has 0 aliphatic carbocycles. The molecule has 0 bridgehead atoms. The van der Waals surface area contributed by atoms with Crippen molar-refractivity contribution < 1.29 is 9.47 Å². The van der Waals surface area contributed by atoms with Crippen molar-refractivity contribution in [1.82, 2.24) is 0 Å². The predicted octanol–water partition coefficient (Wildman–Crippen LogP) is 4.53. The van der Waals surface area contributed by atoms with Gasteiger partial charge in [0.15, 0.2) is 0 Å². The standard InChI is InChI=1S/C18H26O2/c1-2-3-4-5-6-7-8-11-16-12-9-10-13-18(16)20-15-17-14-19-17/h2,9-10,12-13,17H,1,3-8,11,14-15H2. The Labute approximate surface area is 122 Å². The molecule has 1 aliphatic rings. The maximum atomic E-state index is 5.84. The number of ether oxygens (including phenoxy) is 2. The van der Waals surface area contributed by atoms with Gasteiger partial charge in [-0.15, -0.1) is 6.58 Å². The number of hydrogen-bond donors (Lipinski definition) is 0. The van der Waals surface area contributed by atoms with Crippen LogP contribution in [0.25, 0.3) is 0 Å². The Morgan fingerprint density at radius 2 is 1.90 bits per heavy atom. The molecule has 1 aromatic carbocycles. The van der Waals surface area contributed by atoms with Gasteiger partial charge in [0.25, 0.3) is 0 Å². The number of allylic oxidation sites excluding steroid dienone is 1. The van der Waals surface area contributed by atoms with Crippen LogP contribution in [-0.4, -0.2) is 19.3 Å². The molecule has 2 heteroatoms. The van der Waals surface area contributed by atoms with E-state index in [9.17, 15) is 0 Å². The van der Waals surface area contributed by atoms with Crippen molar-refractivity contribution in [1.29, 1.82) is 0 Å². The minimum Gasteiger partial charge on any atom is -0.491 e. The Balaban J connectivity index is 1.64. The van der Waals surface area contributed by atoms with Gasteiger partial charge in [-0.2, -0.15) is 0 Å². The minimum atomic E-state index is 0.327. The highest BCUT2D eigenvalue weighted by Gasteiger charge is 2.23. The first-order valence-corrected chi connectivity index (χ1v) is 7.83. The quantitative estimate of drug-likeness (QED) is 0.336. The fourth-order valence-electron chi connectivity index (χ4n) is 2.33. The number of benzene rings is 1. The molecule has 0 radical (unpaired) electrons. The van der Waals surface area contributed by atoms with E-state index in [1.54, 1.807) is 0 Å². The monoisotopic (exact) mass is 274 g/mol. The van der Waals surface area contributed by atoms with Crippen LogP contribution < -0.4 is 4.74 Å². The normalized spacial score (nSPS) is 16.9. The molecule has 2 nitrogen and oxygen atoms in total. The van der Waals surface area contributed by atoms with E-state index in [-0.39, 0.29) is 0 Å². The summed E-state index contributed by atoms with van der Waals surface area (Å²) in [5.41, 5.74) is 1.33. The first kappa shape index (κ1) is 15.1. The Hall–Kier alpha value is -1.28. The molecule has 1 atom stereocenters. The highest BCUT2D eigenvalue weighted by molar-refractivity contribution is 5.33. The van der Waals surface area contributed by atoms with E-state index in [0.29, 0.717) is 12.7 Å². The van der Waals surface area contributed by atoms with Crippen molar-refractivity contribution in [2.45, 2.75) is 51.0 Å². The lowest BCUT2D eigenvalue weighted by Crippen LogP contribution is -2.05. The number of hydrogen-bond acceptors (Lipinski definition) is 2. The lowest BCUT2D eigenvalue weighted by atomic mass is 10.0. The summed E-state index contributed by atoms with van der Waals surface area (Å²) >= 11 is 0. The van der Waals surface area contributed by atoms with Crippen LogP contribution in [0, 0.1) is 0 Å². The predicted molar refractivity (Wildman–Crippen MR) is 83.3 cm³/mol. The lowest BCUT2D eigenvalue weighted by molar-refractivity contribution is 0.261. The van der Waals surface area contributed by atoms with E-state index >= 15 is 0 Å². The zero-order valence-corrected chi connectivity index (χ0v) is 12.4. The molecular formula is C18H26O2. The van der Waals surface area contributed by atoms with Gasteiger partial charge in [-0.25, -0.2) is 0 Å². The fourth-order valence-corrected chi connectivity index (χ4v) is 2.33. The topological polar surface area (TPSA) is 21.8 Å². The van der Waals surface area contributed by atoms with Crippen molar-refractivity contribution in [3.05, 3.63) is 42.5 Å². The van der Waals surface area contributed by atoms with E-state index in [1.165, 1.54) is 37.7 Å². The molecule has 1 aliphatic heterocycles. The number of unbranched alkanes of at least 4 members (excludes halogenated alkanes) is 5. The van der Waals surface area contributed by atoms with Crippen LogP contribution in [0.5, 0.6) is 5.75 Å². The van der Waals surface area contributed by atoms with Gasteiger partial charge in [0, 0.05) is 0 Å². The van der Waals surface area contributed by atoms with Crippen molar-refractivity contribution >= 4 is 0 Å². The van der Waals surface area contributed by atoms with Gasteiger partial charge in [-0.3, -0.25) is 0 Å². The zero-order valence-electron chi connectivity index (χ0n) is 12.4. The number of epoxide rings is 1. The molecule has 110 valence electrons. The average molecular weight is 274 g/mol. The second kappa shape index (κ2) is 8.80. The van der Waals surface area contributed by atoms with Crippen molar-refractivity contribution in [2.24, 2.45) is 0 Å². The SMILES string of the molecule is C=CCCCCCCCc1ccccc1OCC1CO1. The van der Waals surface area contributed by atoms with E-state index in [2.05, 4.69) is 24.8 Å². The van der Waals surface area contributed by atoms with Crippen LogP contribution in [0.15, 0.2) is 36.9 Å². The molecule has 0 spiro atoms. The molecule has 0 N–H and O–H groups in total. The summed E-state index contributed by atoms with van der Waals surface area (Å²) in [5, 5.41) is 0. The molecule has 0 saturated carbocycles. The number of aryl methyl sites for hydroxylation is 1. The molecule has 0 amide bonds. The molecular weight excluding hydrogens is 248 g/mol. The largest absolute Gasteiger partial charge is 0.491 e. The second-order valence-corrected chi connectivity index (χ2v) is 5.47. The van der Waals surface area contributed by atoms with Gasteiger partial charge in [-0.05, 0) is 37.3 Å². The molecule has 1 saturated heterocycles. The van der Waals surface area contributed by atoms with Crippen LogP contribution in [0.3, 0.4) is 0 Å². The third-order valence-electron chi connectivity index (χ3n) is 3.65. The first-order valence-electron chi connectivity index (χ1n) is 7.83. The van der Waals surface area contributed by atoms with Gasteiger partial charge in [-0.1, -0.05) is 43.5 Å². The Bertz CT molecular complexity index is 396. The van der Waals surface area contributed by atoms with Crippen LogP contribution in [0.2, 0.25) is 0 Å². The molecule has 0 aromatic heterocycles. The van der Waals surface area contributed by atoms with Gasteiger partial charge in [0.1, 0.15) is 18.5 Å². The molecule has 2 rings (SSSR count). The van der Waals surface area contributed by atoms with E-state index in [0.717, 1.165) is 25.2 Å². The van der Waals surface area contributed by atoms with Gasteiger partial charge >= 0.3 is 0 Å². The van der Waals surface area contributed by atoms with Crippen LogP contribution >= 0.6 is 0 Å². The minimum absolute atomic E-state index is 0.327. The summed E-state index contributed by atoms with van der Waals surface area (Å²) in [6.45, 7) is 5.30. The van der Waals surface area contributed by atoms with Crippen LogP contribution in [0.1, 0.15) is 44.1 Å². The summed E-state index contributed by atoms with van der Waals surface area (Å²) in [6.07, 6.45) is 11.1. The lowest BCUT2D eigenvalue weighted by Gasteiger charge is -2.10. The summed E-state index contributed by atoms with van der Waals surface area (Å²) in [4.78, 5) is 0. The highest BCUT2D eigenvalue weighted by atomic mass is 16.6. The molecule has 1 fully saturated rings.